The number of hydrogen-bond acceptors (Lipinski definition) is 4. The first kappa shape index (κ1) is 18.1. The summed E-state index contributed by atoms with van der Waals surface area (Å²) in [5.41, 5.74) is 6.03. The molecule has 0 radical (unpaired) electrons. The Morgan fingerprint density at radius 1 is 1.04 bits per heavy atom. The molecule has 5 nitrogen and oxygen atoms in total. The van der Waals surface area contributed by atoms with Gasteiger partial charge in [-0.05, 0) is 61.2 Å². The lowest BCUT2D eigenvalue weighted by atomic mass is 9.44. The van der Waals surface area contributed by atoms with Crippen LogP contribution in [0.2, 0.25) is 0 Å². The molecule has 0 bridgehead atoms. The van der Waals surface area contributed by atoms with E-state index >= 15 is 0 Å². The first-order chi connectivity index (χ1) is 12.3. The second-order valence-electron chi connectivity index (χ2n) is 9.82. The first-order valence-corrected chi connectivity index (χ1v) is 10.3. The van der Waals surface area contributed by atoms with Gasteiger partial charge in [0.2, 0.25) is 5.91 Å². The molecule has 4 aliphatic rings. The van der Waals surface area contributed by atoms with E-state index in [1.165, 1.54) is 6.92 Å². The van der Waals surface area contributed by atoms with Crippen molar-refractivity contribution in [3.8, 4) is 0 Å². The van der Waals surface area contributed by atoms with Crippen molar-refractivity contribution in [3.63, 3.8) is 0 Å². The average molecular weight is 360 g/mol. The predicted molar refractivity (Wildman–Crippen MR) is 97.9 cm³/mol. The second kappa shape index (κ2) is 6.15. The minimum absolute atomic E-state index is 0.0968. The number of carbonyl (C=O) groups is 3. The zero-order valence-corrected chi connectivity index (χ0v) is 16.3. The van der Waals surface area contributed by atoms with Gasteiger partial charge >= 0.3 is 0 Å². The van der Waals surface area contributed by atoms with Crippen molar-refractivity contribution in [1.29, 1.82) is 0 Å². The summed E-state index contributed by atoms with van der Waals surface area (Å²) in [6, 6.07) is 0.118. The van der Waals surface area contributed by atoms with Crippen molar-refractivity contribution < 1.29 is 14.4 Å². The largest absolute Gasteiger partial charge is 0.300 e. The Labute approximate surface area is 156 Å². The Bertz CT molecular complexity index is 647. The molecule has 0 spiro atoms. The molecule has 0 aromatic rings. The van der Waals surface area contributed by atoms with Gasteiger partial charge in [-0.2, -0.15) is 0 Å². The van der Waals surface area contributed by atoms with Gasteiger partial charge in [0.25, 0.3) is 0 Å². The van der Waals surface area contributed by atoms with Crippen molar-refractivity contribution in [1.82, 2.24) is 10.9 Å². The molecule has 26 heavy (non-hydrogen) atoms. The van der Waals surface area contributed by atoms with Crippen LogP contribution in [0.4, 0.5) is 0 Å². The highest BCUT2D eigenvalue weighted by molar-refractivity contribution is 5.87. The van der Waals surface area contributed by atoms with Crippen LogP contribution in [0.25, 0.3) is 0 Å². The van der Waals surface area contributed by atoms with Gasteiger partial charge in [-0.15, -0.1) is 0 Å². The number of hydrogen-bond donors (Lipinski definition) is 2. The highest BCUT2D eigenvalue weighted by atomic mass is 16.2. The lowest BCUT2D eigenvalue weighted by Gasteiger charge is -2.61. The second-order valence-corrected chi connectivity index (χ2v) is 9.82. The highest BCUT2D eigenvalue weighted by Crippen LogP contribution is 2.65. The zero-order valence-electron chi connectivity index (χ0n) is 16.3. The van der Waals surface area contributed by atoms with Gasteiger partial charge in [-0.3, -0.25) is 19.8 Å². The highest BCUT2D eigenvalue weighted by Gasteiger charge is 2.62. The first-order valence-electron chi connectivity index (χ1n) is 10.3. The maximum atomic E-state index is 12.6. The minimum Gasteiger partial charge on any atom is -0.300 e. The number of amides is 1. The molecule has 7 atom stereocenters. The molecule has 144 valence electrons. The van der Waals surface area contributed by atoms with Gasteiger partial charge in [0.15, 0.2) is 0 Å². The summed E-state index contributed by atoms with van der Waals surface area (Å²) >= 11 is 0. The van der Waals surface area contributed by atoms with Crippen LogP contribution in [0.1, 0.15) is 72.1 Å². The fourth-order valence-corrected chi connectivity index (χ4v) is 7.25. The van der Waals surface area contributed by atoms with Crippen LogP contribution in [0.3, 0.4) is 0 Å². The van der Waals surface area contributed by atoms with Crippen LogP contribution in [-0.2, 0) is 14.4 Å². The fraction of sp³-hybridized carbons (Fsp3) is 0.857. The molecule has 4 aliphatic carbocycles. The van der Waals surface area contributed by atoms with Crippen LogP contribution in [0.15, 0.2) is 0 Å². The number of ketones is 2. The molecule has 1 unspecified atom stereocenters. The summed E-state index contributed by atoms with van der Waals surface area (Å²) in [6.07, 6.45) is 7.09. The molecular weight excluding hydrogens is 328 g/mol. The van der Waals surface area contributed by atoms with Gasteiger partial charge in [0.05, 0.1) is 0 Å². The molecule has 0 heterocycles. The van der Waals surface area contributed by atoms with E-state index in [1.807, 2.05) is 0 Å². The van der Waals surface area contributed by atoms with E-state index in [4.69, 9.17) is 0 Å². The van der Waals surface area contributed by atoms with Crippen molar-refractivity contribution in [2.75, 3.05) is 0 Å². The molecule has 0 aromatic heterocycles. The number of rotatable bonds is 2. The van der Waals surface area contributed by atoms with E-state index in [2.05, 4.69) is 24.7 Å². The van der Waals surface area contributed by atoms with Crippen LogP contribution >= 0.6 is 0 Å². The van der Waals surface area contributed by atoms with E-state index in [-0.39, 0.29) is 28.7 Å². The summed E-state index contributed by atoms with van der Waals surface area (Å²) in [5.74, 6) is 2.57. The summed E-state index contributed by atoms with van der Waals surface area (Å²) in [6.45, 7) is 6.08. The molecular formula is C21H32N2O3. The van der Waals surface area contributed by atoms with Gasteiger partial charge in [-0.1, -0.05) is 13.8 Å². The van der Waals surface area contributed by atoms with Gasteiger partial charge < -0.3 is 0 Å². The molecule has 1 amide bonds. The van der Waals surface area contributed by atoms with Crippen molar-refractivity contribution in [2.45, 2.75) is 78.2 Å². The van der Waals surface area contributed by atoms with E-state index < -0.39 is 0 Å². The Morgan fingerprint density at radius 2 is 1.81 bits per heavy atom. The van der Waals surface area contributed by atoms with E-state index in [0.29, 0.717) is 42.2 Å². The standard InChI is InChI=1S/C21H32N2O3/c1-12(24)22-23-18-11-14-15-4-5-19(26)21(15,3)9-7-16(14)20(2)8-6-13(25)10-17(18)20/h14-18,23H,4-11H2,1-3H3,(H,22,24)/t14-,15-,16-,17?,18-,20+,21-/m0/s1. The molecule has 2 N–H and O–H groups in total. The molecule has 0 aromatic carbocycles. The number of hydrazine groups is 1. The van der Waals surface area contributed by atoms with Gasteiger partial charge in [0, 0.05) is 37.6 Å². The maximum Gasteiger partial charge on any atom is 0.230 e. The van der Waals surface area contributed by atoms with Crippen LogP contribution in [0.5, 0.6) is 0 Å². The lowest BCUT2D eigenvalue weighted by Crippen LogP contribution is -2.62. The minimum atomic E-state index is -0.145. The topological polar surface area (TPSA) is 75.3 Å². The third kappa shape index (κ3) is 2.57. The number of carbonyl (C=O) groups excluding carboxylic acids is 3. The van der Waals surface area contributed by atoms with Crippen LogP contribution in [0, 0.1) is 34.5 Å². The Balaban J connectivity index is 1.67. The summed E-state index contributed by atoms with van der Waals surface area (Å²) in [4.78, 5) is 36.3. The third-order valence-corrected chi connectivity index (χ3v) is 8.68. The Hall–Kier alpha value is -1.23. The SMILES string of the molecule is CC(=O)NN[C@H]1C[C@@H]2[C@H](CC[C@]3(C)C(=O)CC[C@@H]23)[C@@]2(C)CCC(=O)CC12. The molecule has 4 rings (SSSR count). The lowest BCUT2D eigenvalue weighted by molar-refractivity contribution is -0.149. The molecule has 4 saturated carbocycles. The van der Waals surface area contributed by atoms with Crippen molar-refractivity contribution >= 4 is 17.5 Å². The fourth-order valence-electron chi connectivity index (χ4n) is 7.25. The van der Waals surface area contributed by atoms with Gasteiger partial charge in [0.1, 0.15) is 11.6 Å². The van der Waals surface area contributed by atoms with Crippen molar-refractivity contribution in [2.24, 2.45) is 34.5 Å². The summed E-state index contributed by atoms with van der Waals surface area (Å²) in [5, 5.41) is 0. The van der Waals surface area contributed by atoms with Gasteiger partial charge in [-0.25, -0.2) is 5.43 Å². The van der Waals surface area contributed by atoms with E-state index in [0.717, 1.165) is 38.5 Å². The van der Waals surface area contributed by atoms with E-state index in [1.54, 1.807) is 0 Å². The Kier molecular flexibility index (Phi) is 4.29. The van der Waals surface area contributed by atoms with E-state index in [9.17, 15) is 14.4 Å². The monoisotopic (exact) mass is 360 g/mol. The molecule has 4 fully saturated rings. The smallest absolute Gasteiger partial charge is 0.230 e. The molecule has 5 heteroatoms. The molecule has 0 aliphatic heterocycles. The third-order valence-electron chi connectivity index (χ3n) is 8.68. The normalized spacial score (nSPS) is 47.7. The molecule has 0 saturated heterocycles. The van der Waals surface area contributed by atoms with Crippen LogP contribution in [-0.4, -0.2) is 23.5 Å². The van der Waals surface area contributed by atoms with Crippen LogP contribution < -0.4 is 10.9 Å². The average Bonchev–Trinajstić information content (AvgIpc) is 2.89. The zero-order chi connectivity index (χ0) is 18.7. The maximum absolute atomic E-state index is 12.6. The number of nitrogens with one attached hydrogen (secondary N) is 2. The Morgan fingerprint density at radius 3 is 2.54 bits per heavy atom. The number of Topliss-reactive ketones (excluding diaryl/α,β-unsaturated/α-hetero) is 2. The predicted octanol–water partition coefficient (Wildman–Crippen LogP) is 2.79. The van der Waals surface area contributed by atoms with Crippen molar-refractivity contribution in [3.05, 3.63) is 0 Å². The summed E-state index contributed by atoms with van der Waals surface area (Å²) in [7, 11) is 0. The summed E-state index contributed by atoms with van der Waals surface area (Å²) < 4.78 is 0. The number of fused-ring (bicyclic) bond motifs is 5. The quantitative estimate of drug-likeness (QED) is 0.743.